The van der Waals surface area contributed by atoms with E-state index in [-0.39, 0.29) is 36.4 Å². The second-order valence-electron chi connectivity index (χ2n) is 8.43. The lowest BCUT2D eigenvalue weighted by Crippen LogP contribution is -3.00. The van der Waals surface area contributed by atoms with Crippen LogP contribution in [0, 0.1) is 10.1 Å². The maximum atomic E-state index is 12.7. The number of nitro groups is 1. The summed E-state index contributed by atoms with van der Waals surface area (Å²) in [5.41, 5.74) is 5.14. The number of amides is 1. The largest absolute Gasteiger partial charge is 1.00 e. The second-order valence-corrected chi connectivity index (χ2v) is 8.43. The highest BCUT2D eigenvalue weighted by Crippen LogP contribution is 2.28. The van der Waals surface area contributed by atoms with Crippen LogP contribution in [0.15, 0.2) is 104 Å². The number of nitro benzene ring substituents is 1. The number of anilines is 5. The molecule has 1 amide bonds. The molecule has 0 unspecified atom stereocenters. The third kappa shape index (κ3) is 6.98. The Labute approximate surface area is 236 Å². The number of carbonyl (C=O) groups is 1. The maximum Gasteiger partial charge on any atom is 0.271 e. The van der Waals surface area contributed by atoms with Crippen molar-refractivity contribution in [2.24, 2.45) is 7.05 Å². The number of non-ortho nitro benzene ring substituents is 1. The predicted molar refractivity (Wildman–Crippen MR) is 151 cm³/mol. The van der Waals surface area contributed by atoms with E-state index in [1.165, 1.54) is 12.1 Å². The van der Waals surface area contributed by atoms with Crippen molar-refractivity contribution in [3.05, 3.63) is 119 Å². The van der Waals surface area contributed by atoms with E-state index in [0.29, 0.717) is 16.8 Å². The molecule has 0 saturated heterocycles. The normalized spacial score (nSPS) is 10.1. The highest BCUT2D eigenvalue weighted by atomic mass is 35.5. The molecule has 2 aromatic heterocycles. The average Bonchev–Trinajstić information content (AvgIpc) is 2.91. The number of carbonyl (C=O) groups excluding carboxylic acids is 1. The van der Waals surface area contributed by atoms with Crippen LogP contribution in [-0.2, 0) is 7.05 Å². The van der Waals surface area contributed by atoms with Gasteiger partial charge in [-0.2, -0.15) is 0 Å². The molecule has 11 heteroatoms. The van der Waals surface area contributed by atoms with E-state index >= 15 is 0 Å². The third-order valence-corrected chi connectivity index (χ3v) is 5.77. The molecular formula is C28H24Cl2N6O3. The van der Waals surface area contributed by atoms with Gasteiger partial charge in [-0.1, -0.05) is 0 Å². The summed E-state index contributed by atoms with van der Waals surface area (Å²) in [5, 5.41) is 21.3. The van der Waals surface area contributed by atoms with Crippen molar-refractivity contribution in [3.8, 4) is 0 Å². The molecule has 0 atom stereocenters. The van der Waals surface area contributed by atoms with Crippen LogP contribution in [0.25, 0.3) is 10.9 Å². The number of benzene rings is 3. The van der Waals surface area contributed by atoms with Crippen molar-refractivity contribution >= 4 is 63.3 Å². The quantitative estimate of drug-likeness (QED) is 0.159. The predicted octanol–water partition coefficient (Wildman–Crippen LogP) is 3.13. The molecule has 5 rings (SSSR count). The Morgan fingerprint density at radius 3 is 2.08 bits per heavy atom. The number of rotatable bonds is 7. The van der Waals surface area contributed by atoms with Gasteiger partial charge in [-0.05, 0) is 60.7 Å². The van der Waals surface area contributed by atoms with Gasteiger partial charge in [0.2, 0.25) is 0 Å². The number of nitrogens with zero attached hydrogens (tertiary/aromatic N) is 3. The first-order chi connectivity index (χ1) is 17.9. The topological polar surface area (TPSA) is 113 Å². The SMILES string of the molecule is C[n+]1ccc(Nc2ccc(NC(=O)c3ccc(Nc4ccnc5cc([N+](=O)[O-])ccc45)cc3)cc2)cc1.Cl.[Cl-]. The molecule has 5 aromatic rings. The van der Waals surface area contributed by atoms with Gasteiger partial charge in [0.05, 0.1) is 16.1 Å². The Hall–Kier alpha value is -4.73. The van der Waals surface area contributed by atoms with Crippen molar-refractivity contribution in [1.29, 1.82) is 0 Å². The number of pyridine rings is 2. The van der Waals surface area contributed by atoms with Crippen molar-refractivity contribution in [1.82, 2.24) is 4.98 Å². The van der Waals surface area contributed by atoms with E-state index < -0.39 is 4.92 Å². The van der Waals surface area contributed by atoms with Crippen LogP contribution in [0.1, 0.15) is 10.4 Å². The second kappa shape index (κ2) is 12.7. The Morgan fingerprint density at radius 1 is 0.821 bits per heavy atom. The minimum atomic E-state index is -0.443. The lowest BCUT2D eigenvalue weighted by molar-refractivity contribution is -0.671. The van der Waals surface area contributed by atoms with E-state index in [9.17, 15) is 14.9 Å². The van der Waals surface area contributed by atoms with Gasteiger partial charge < -0.3 is 28.4 Å². The number of nitrogens with one attached hydrogen (secondary N) is 3. The zero-order chi connectivity index (χ0) is 25.8. The summed E-state index contributed by atoms with van der Waals surface area (Å²) in [7, 11) is 1.96. The molecule has 0 fully saturated rings. The first-order valence-electron chi connectivity index (χ1n) is 11.5. The van der Waals surface area contributed by atoms with Gasteiger partial charge in [-0.3, -0.25) is 19.9 Å². The van der Waals surface area contributed by atoms with E-state index in [0.717, 1.165) is 28.1 Å². The van der Waals surface area contributed by atoms with Gasteiger partial charge in [0.15, 0.2) is 12.4 Å². The van der Waals surface area contributed by atoms with E-state index in [4.69, 9.17) is 0 Å². The summed E-state index contributed by atoms with van der Waals surface area (Å²) in [5.74, 6) is -0.218. The molecule has 198 valence electrons. The van der Waals surface area contributed by atoms with Gasteiger partial charge in [-0.25, -0.2) is 4.57 Å². The van der Waals surface area contributed by atoms with Gasteiger partial charge >= 0.3 is 0 Å². The molecule has 0 aliphatic heterocycles. The highest BCUT2D eigenvalue weighted by Gasteiger charge is 2.11. The van der Waals surface area contributed by atoms with Crippen molar-refractivity contribution in [2.75, 3.05) is 16.0 Å². The molecule has 2 heterocycles. The molecule has 3 N–H and O–H groups in total. The molecule has 0 saturated carbocycles. The first kappa shape index (κ1) is 28.8. The zero-order valence-electron chi connectivity index (χ0n) is 20.7. The monoisotopic (exact) mass is 562 g/mol. The summed E-state index contributed by atoms with van der Waals surface area (Å²) in [6.45, 7) is 0. The number of aryl methyl sites for hydroxylation is 1. The van der Waals surface area contributed by atoms with Crippen LogP contribution >= 0.6 is 12.4 Å². The molecule has 0 aliphatic rings. The molecule has 0 aliphatic carbocycles. The minimum absolute atomic E-state index is 0. The van der Waals surface area contributed by atoms with Crippen molar-refractivity contribution in [2.45, 2.75) is 0 Å². The fourth-order valence-corrected chi connectivity index (χ4v) is 3.81. The van der Waals surface area contributed by atoms with Crippen LogP contribution < -0.4 is 32.9 Å². The summed E-state index contributed by atoms with van der Waals surface area (Å²) in [6.07, 6.45) is 5.52. The fraction of sp³-hybridized carbons (Fsp3) is 0.0357. The van der Waals surface area contributed by atoms with Gasteiger partial charge in [0.1, 0.15) is 7.05 Å². The van der Waals surface area contributed by atoms with Gasteiger partial charge in [-0.15, -0.1) is 12.4 Å². The highest BCUT2D eigenvalue weighted by molar-refractivity contribution is 6.04. The van der Waals surface area contributed by atoms with Crippen molar-refractivity contribution < 1.29 is 26.7 Å². The Balaban J connectivity index is 0.00000210. The third-order valence-electron chi connectivity index (χ3n) is 5.77. The fourth-order valence-electron chi connectivity index (χ4n) is 3.81. The van der Waals surface area contributed by atoms with Crippen LogP contribution in [-0.4, -0.2) is 15.8 Å². The lowest BCUT2D eigenvalue weighted by Gasteiger charge is -2.11. The molecular weight excluding hydrogens is 539 g/mol. The molecule has 9 nitrogen and oxygen atoms in total. The number of fused-ring (bicyclic) bond motifs is 1. The number of hydrogen-bond acceptors (Lipinski definition) is 6. The average molecular weight is 563 g/mol. The van der Waals surface area contributed by atoms with Gasteiger partial charge in [0, 0.05) is 64.2 Å². The van der Waals surface area contributed by atoms with E-state index in [2.05, 4.69) is 20.9 Å². The summed E-state index contributed by atoms with van der Waals surface area (Å²) >= 11 is 0. The summed E-state index contributed by atoms with van der Waals surface area (Å²) in [6, 6.07) is 24.9. The Bertz CT molecular complexity index is 1600. The van der Waals surface area contributed by atoms with E-state index in [1.54, 1.807) is 42.6 Å². The van der Waals surface area contributed by atoms with Gasteiger partial charge in [0.25, 0.3) is 11.6 Å². The van der Waals surface area contributed by atoms with Crippen LogP contribution in [0.5, 0.6) is 0 Å². The van der Waals surface area contributed by atoms with Crippen LogP contribution in [0.4, 0.5) is 34.1 Å². The molecule has 0 bridgehead atoms. The molecule has 0 spiro atoms. The smallest absolute Gasteiger partial charge is 0.271 e. The molecule has 3 aromatic carbocycles. The first-order valence-corrected chi connectivity index (χ1v) is 11.5. The number of aromatic nitrogens is 2. The standard InChI is InChI=1S/C28H22N6O3.2ClH/c1-33-16-13-23(14-17-33)30-20-6-8-22(9-7-20)32-28(35)19-2-4-21(5-3-19)31-26-12-15-29-27-18-24(34(36)37)10-11-25(26)27;;/h2-18H,1H3,(H2,29,31,32,35);2*1H. The maximum absolute atomic E-state index is 12.7. The number of halogens is 2. The summed E-state index contributed by atoms with van der Waals surface area (Å²) < 4.78 is 1.96. The molecule has 39 heavy (non-hydrogen) atoms. The Morgan fingerprint density at radius 2 is 1.41 bits per heavy atom. The molecule has 0 radical (unpaired) electrons. The minimum Gasteiger partial charge on any atom is -1.00 e. The van der Waals surface area contributed by atoms with Crippen LogP contribution in [0.3, 0.4) is 0 Å². The summed E-state index contributed by atoms with van der Waals surface area (Å²) in [4.78, 5) is 27.6. The Kier molecular flexibility index (Phi) is 9.38. The zero-order valence-corrected chi connectivity index (χ0v) is 22.2. The van der Waals surface area contributed by atoms with E-state index in [1.807, 2.05) is 60.4 Å². The van der Waals surface area contributed by atoms with Crippen LogP contribution in [0.2, 0.25) is 0 Å². The number of hydrogen-bond donors (Lipinski definition) is 3. The lowest BCUT2D eigenvalue weighted by atomic mass is 10.1. The van der Waals surface area contributed by atoms with Crippen molar-refractivity contribution in [3.63, 3.8) is 0 Å².